The van der Waals surface area contributed by atoms with Crippen molar-refractivity contribution in [3.8, 4) is 11.1 Å². The molecule has 0 saturated heterocycles. The molecule has 7 heteroatoms. The maximum absolute atomic E-state index is 14.8. The third-order valence-corrected chi connectivity index (χ3v) is 5.88. The van der Waals surface area contributed by atoms with E-state index in [4.69, 9.17) is 16.3 Å². The second-order valence-corrected chi connectivity index (χ2v) is 9.12. The molecule has 1 amide bonds. The lowest BCUT2D eigenvalue weighted by atomic mass is 9.80. The van der Waals surface area contributed by atoms with Crippen molar-refractivity contribution in [2.75, 3.05) is 11.4 Å². The Hall–Kier alpha value is -2.73. The molecule has 0 N–H and O–H groups in total. The lowest BCUT2D eigenvalue weighted by Gasteiger charge is -2.27. The first-order valence-electron chi connectivity index (χ1n) is 9.75. The molecule has 4 rings (SSSR count). The van der Waals surface area contributed by atoms with Crippen LogP contribution >= 0.6 is 11.6 Å². The van der Waals surface area contributed by atoms with Crippen molar-refractivity contribution in [3.05, 3.63) is 58.5 Å². The number of ether oxygens (including phenoxy) is 1. The van der Waals surface area contributed by atoms with Crippen molar-refractivity contribution in [1.82, 2.24) is 4.98 Å². The molecule has 30 heavy (non-hydrogen) atoms. The monoisotopic (exact) mass is 428 g/mol. The van der Waals surface area contributed by atoms with E-state index in [9.17, 15) is 14.0 Å². The van der Waals surface area contributed by atoms with Crippen LogP contribution in [0.15, 0.2) is 36.5 Å². The number of fused-ring (bicyclic) bond motifs is 2. The summed E-state index contributed by atoms with van der Waals surface area (Å²) in [5, 5.41) is 0.344. The number of carbonyl (C=O) groups excluding carboxylic acids is 2. The van der Waals surface area contributed by atoms with E-state index < -0.39 is 22.9 Å². The van der Waals surface area contributed by atoms with Crippen molar-refractivity contribution in [2.45, 2.75) is 44.6 Å². The van der Waals surface area contributed by atoms with Crippen LogP contribution in [0.5, 0.6) is 0 Å². The van der Waals surface area contributed by atoms with Crippen molar-refractivity contribution in [3.63, 3.8) is 0 Å². The fourth-order valence-corrected chi connectivity index (χ4v) is 4.59. The van der Waals surface area contributed by atoms with Crippen LogP contribution in [0.25, 0.3) is 11.1 Å². The second kappa shape index (κ2) is 7.20. The molecule has 2 aliphatic rings. The smallest absolute Gasteiger partial charge is 0.416 e. The van der Waals surface area contributed by atoms with Gasteiger partial charge in [-0.2, -0.15) is 0 Å². The number of nitrogens with zero attached hydrogens (tertiary/aromatic N) is 2. The molecule has 0 fully saturated rings. The Kier molecular flexibility index (Phi) is 4.93. The zero-order valence-corrected chi connectivity index (χ0v) is 17.8. The van der Waals surface area contributed by atoms with Crippen LogP contribution in [0.2, 0.25) is 5.02 Å². The van der Waals surface area contributed by atoms with E-state index in [0.29, 0.717) is 47.6 Å². The van der Waals surface area contributed by atoms with E-state index in [2.05, 4.69) is 17.1 Å². The Balaban J connectivity index is 1.86. The highest BCUT2D eigenvalue weighted by atomic mass is 35.5. The van der Waals surface area contributed by atoms with Gasteiger partial charge in [0.25, 0.3) is 0 Å². The van der Waals surface area contributed by atoms with Gasteiger partial charge in [0.15, 0.2) is 6.29 Å². The number of rotatable bonds is 2. The number of aldehydes is 1. The van der Waals surface area contributed by atoms with Gasteiger partial charge in [0, 0.05) is 34.8 Å². The van der Waals surface area contributed by atoms with Crippen LogP contribution in [0.3, 0.4) is 0 Å². The summed E-state index contributed by atoms with van der Waals surface area (Å²) in [4.78, 5) is 30.1. The topological polar surface area (TPSA) is 59.5 Å². The Morgan fingerprint density at radius 2 is 1.97 bits per heavy atom. The molecule has 0 unspecified atom stereocenters. The molecule has 1 aromatic heterocycles. The van der Waals surface area contributed by atoms with Gasteiger partial charge in [-0.1, -0.05) is 35.9 Å². The number of pyridine rings is 1. The van der Waals surface area contributed by atoms with Crippen LogP contribution in [-0.4, -0.2) is 29.5 Å². The van der Waals surface area contributed by atoms with Crippen LogP contribution < -0.4 is 4.90 Å². The van der Waals surface area contributed by atoms with Gasteiger partial charge in [0.1, 0.15) is 17.2 Å². The van der Waals surface area contributed by atoms with Crippen molar-refractivity contribution >= 4 is 29.8 Å². The number of amides is 1. The lowest BCUT2D eigenvalue weighted by Crippen LogP contribution is -2.39. The number of allylic oxidation sites excluding steroid dienone is 2. The third kappa shape index (κ3) is 3.29. The first-order valence-corrected chi connectivity index (χ1v) is 10.1. The SMILES string of the molecule is CC(C)(C)OC(=O)N1CC2(CC=CC2)c2c1ncc(-c1cccc(C=O)c1F)c2Cl. The molecule has 0 saturated carbocycles. The largest absolute Gasteiger partial charge is 0.443 e. The summed E-state index contributed by atoms with van der Waals surface area (Å²) in [5.74, 6) is -0.203. The van der Waals surface area contributed by atoms with Gasteiger partial charge in [0.05, 0.1) is 10.6 Å². The summed E-state index contributed by atoms with van der Waals surface area (Å²) in [6.07, 6.45) is 6.94. The normalized spacial score (nSPS) is 16.8. The maximum Gasteiger partial charge on any atom is 0.416 e. The van der Waals surface area contributed by atoms with Gasteiger partial charge >= 0.3 is 6.09 Å². The molecule has 2 aromatic rings. The summed E-state index contributed by atoms with van der Waals surface area (Å²) < 4.78 is 20.4. The highest BCUT2D eigenvalue weighted by Crippen LogP contribution is 2.52. The number of aromatic nitrogens is 1. The number of halogens is 2. The summed E-state index contributed by atoms with van der Waals surface area (Å²) in [6, 6.07) is 4.58. The fraction of sp³-hybridized carbons (Fsp3) is 0.348. The molecule has 1 spiro atoms. The fourth-order valence-electron chi connectivity index (χ4n) is 4.15. The molecule has 1 aliphatic heterocycles. The Bertz CT molecular complexity index is 1070. The standard InChI is InChI=1S/C23H22ClFN2O3/c1-22(2,3)30-21(29)27-13-23(9-4-5-10-23)17-18(24)16(11-26-20(17)27)15-8-6-7-14(12-28)19(15)25/h4-8,11-12H,9-10,13H2,1-3H3. The molecule has 156 valence electrons. The van der Waals surface area contributed by atoms with Crippen molar-refractivity contribution < 1.29 is 18.7 Å². The Morgan fingerprint density at radius 1 is 1.27 bits per heavy atom. The van der Waals surface area contributed by atoms with Crippen LogP contribution in [0, 0.1) is 5.82 Å². The molecule has 0 bridgehead atoms. The molecular formula is C23H22ClFN2O3. The molecule has 5 nitrogen and oxygen atoms in total. The van der Waals surface area contributed by atoms with Crippen LogP contribution in [-0.2, 0) is 10.2 Å². The zero-order valence-electron chi connectivity index (χ0n) is 17.0. The van der Waals surface area contributed by atoms with E-state index in [0.717, 1.165) is 0 Å². The summed E-state index contributed by atoms with van der Waals surface area (Å²) in [7, 11) is 0. The minimum absolute atomic E-state index is 0.0447. The van der Waals surface area contributed by atoms with Crippen LogP contribution in [0.4, 0.5) is 15.0 Å². The number of benzene rings is 1. The maximum atomic E-state index is 14.8. The molecular weight excluding hydrogens is 407 g/mol. The van der Waals surface area contributed by atoms with E-state index in [-0.39, 0.29) is 11.1 Å². The average molecular weight is 429 g/mol. The van der Waals surface area contributed by atoms with Gasteiger partial charge < -0.3 is 4.74 Å². The number of anilines is 1. The highest BCUT2D eigenvalue weighted by molar-refractivity contribution is 6.35. The first-order chi connectivity index (χ1) is 14.2. The van der Waals surface area contributed by atoms with Crippen molar-refractivity contribution in [1.29, 1.82) is 0 Å². The molecule has 1 aliphatic carbocycles. The predicted molar refractivity (Wildman–Crippen MR) is 114 cm³/mol. The third-order valence-electron chi connectivity index (χ3n) is 5.49. The number of carbonyl (C=O) groups is 2. The number of hydrogen-bond acceptors (Lipinski definition) is 4. The Morgan fingerprint density at radius 3 is 2.60 bits per heavy atom. The zero-order chi connectivity index (χ0) is 21.7. The molecule has 0 atom stereocenters. The molecule has 1 aromatic carbocycles. The number of hydrogen-bond donors (Lipinski definition) is 0. The quantitative estimate of drug-likeness (QED) is 0.455. The average Bonchev–Trinajstić information content (AvgIpc) is 3.27. The minimum atomic E-state index is -0.650. The van der Waals surface area contributed by atoms with Gasteiger partial charge in [-0.25, -0.2) is 14.2 Å². The first kappa shape index (κ1) is 20.5. The highest BCUT2D eigenvalue weighted by Gasteiger charge is 2.49. The Labute approximate surface area is 179 Å². The molecule has 2 heterocycles. The molecule has 0 radical (unpaired) electrons. The van der Waals surface area contributed by atoms with E-state index in [1.807, 2.05) is 0 Å². The second-order valence-electron chi connectivity index (χ2n) is 8.74. The van der Waals surface area contributed by atoms with Gasteiger partial charge in [-0.3, -0.25) is 9.69 Å². The lowest BCUT2D eigenvalue weighted by molar-refractivity contribution is 0.0577. The minimum Gasteiger partial charge on any atom is -0.443 e. The van der Waals surface area contributed by atoms with Gasteiger partial charge in [-0.15, -0.1) is 0 Å². The van der Waals surface area contributed by atoms with E-state index >= 15 is 0 Å². The van der Waals surface area contributed by atoms with Crippen LogP contribution in [0.1, 0.15) is 49.5 Å². The van der Waals surface area contributed by atoms with Gasteiger partial charge in [0.2, 0.25) is 0 Å². The summed E-state index contributed by atoms with van der Waals surface area (Å²) >= 11 is 6.83. The van der Waals surface area contributed by atoms with E-state index in [1.165, 1.54) is 17.2 Å². The summed E-state index contributed by atoms with van der Waals surface area (Å²) in [5.41, 5.74) is 0.199. The van der Waals surface area contributed by atoms with E-state index in [1.54, 1.807) is 32.9 Å². The van der Waals surface area contributed by atoms with Gasteiger partial charge in [-0.05, 0) is 39.7 Å². The predicted octanol–water partition coefficient (Wildman–Crippen LogP) is 5.70. The summed E-state index contributed by atoms with van der Waals surface area (Å²) in [6.45, 7) is 5.81. The van der Waals surface area contributed by atoms with Crippen molar-refractivity contribution in [2.24, 2.45) is 0 Å².